The lowest BCUT2D eigenvalue weighted by Gasteiger charge is -2.39. The van der Waals surface area contributed by atoms with Gasteiger partial charge < -0.3 is 4.65 Å². The molecule has 6 rings (SSSR count). The van der Waals surface area contributed by atoms with Crippen LogP contribution in [0.3, 0.4) is 0 Å². The number of fused-ring (bicyclic) bond motifs is 3. The van der Waals surface area contributed by atoms with Crippen molar-refractivity contribution in [3.8, 4) is 28.5 Å². The summed E-state index contributed by atoms with van der Waals surface area (Å²) in [4.78, 5) is 10.3. The number of para-hydroxylation sites is 1. The van der Waals surface area contributed by atoms with E-state index >= 15 is 0 Å². The van der Waals surface area contributed by atoms with Gasteiger partial charge in [-0.2, -0.15) is 0 Å². The Bertz CT molecular complexity index is 1750. The van der Waals surface area contributed by atoms with Gasteiger partial charge in [0.1, 0.15) is 7.85 Å². The van der Waals surface area contributed by atoms with Crippen molar-refractivity contribution in [2.45, 2.75) is 38.6 Å². The lowest BCUT2D eigenvalue weighted by atomic mass is 9.61. The molecular weight excluding hydrogens is 488 g/mol. The van der Waals surface area contributed by atoms with E-state index in [0.717, 1.165) is 39.0 Å². The van der Waals surface area contributed by atoms with Gasteiger partial charge in [-0.15, -0.1) is 0 Å². The zero-order valence-corrected chi connectivity index (χ0v) is 23.8. The van der Waals surface area contributed by atoms with Crippen molar-refractivity contribution in [3.05, 3.63) is 109 Å². The highest BCUT2D eigenvalue weighted by Gasteiger charge is 2.33. The minimum absolute atomic E-state index is 0.0194. The van der Waals surface area contributed by atoms with Gasteiger partial charge in [-0.3, -0.25) is 4.57 Å². The van der Waals surface area contributed by atoms with E-state index in [1.807, 2.05) is 36.4 Å². The van der Waals surface area contributed by atoms with Crippen LogP contribution in [0.4, 0.5) is 0 Å². The standard InChI is InChI=1S/C34H33B2N3O/c1-33(2,35)34(3,4)40-36-25-19-20-27-26-17-11-12-18-30(26)39(31(27)21-25)32-37-28(23-13-7-5-8-14-23)22-29(38-32)24-15-9-6-10-16-24/h5-22,36H,35H2,1-4H3. The summed E-state index contributed by atoms with van der Waals surface area (Å²) in [5.41, 5.74) is 6.90. The summed E-state index contributed by atoms with van der Waals surface area (Å²) in [6.07, 6.45) is 0. The molecule has 0 N–H and O–H groups in total. The molecule has 0 fully saturated rings. The van der Waals surface area contributed by atoms with Crippen molar-refractivity contribution >= 4 is 42.6 Å². The largest absolute Gasteiger partial charge is 0.430 e. The Morgan fingerprint density at radius 1 is 0.650 bits per heavy atom. The number of hydrogen-bond acceptors (Lipinski definition) is 3. The van der Waals surface area contributed by atoms with E-state index in [1.54, 1.807) is 0 Å². The summed E-state index contributed by atoms with van der Waals surface area (Å²) in [6, 6.07) is 37.8. The second-order valence-corrected chi connectivity index (χ2v) is 11.9. The third-order valence-corrected chi connectivity index (χ3v) is 8.20. The van der Waals surface area contributed by atoms with Gasteiger partial charge in [0, 0.05) is 27.5 Å². The van der Waals surface area contributed by atoms with E-state index in [1.165, 1.54) is 10.8 Å². The van der Waals surface area contributed by atoms with Crippen LogP contribution in [0.25, 0.3) is 50.3 Å². The highest BCUT2D eigenvalue weighted by Crippen LogP contribution is 2.37. The lowest BCUT2D eigenvalue weighted by Crippen LogP contribution is -2.40. The molecule has 0 unspecified atom stereocenters. The van der Waals surface area contributed by atoms with Crippen LogP contribution in [0.2, 0.25) is 5.31 Å². The molecule has 0 amide bonds. The Labute approximate surface area is 237 Å². The highest BCUT2D eigenvalue weighted by atomic mass is 16.5. The van der Waals surface area contributed by atoms with Gasteiger partial charge in [0.15, 0.2) is 0 Å². The van der Waals surface area contributed by atoms with E-state index in [0.29, 0.717) is 13.4 Å². The highest BCUT2D eigenvalue weighted by molar-refractivity contribution is 6.47. The van der Waals surface area contributed by atoms with E-state index < -0.39 is 0 Å². The van der Waals surface area contributed by atoms with Gasteiger partial charge in [-0.1, -0.05) is 110 Å². The fourth-order valence-electron chi connectivity index (χ4n) is 4.85. The summed E-state index contributed by atoms with van der Waals surface area (Å²) in [5, 5.41) is 2.37. The van der Waals surface area contributed by atoms with Gasteiger partial charge in [0.05, 0.1) is 22.4 Å². The van der Waals surface area contributed by atoms with Crippen LogP contribution in [0, 0.1) is 0 Å². The summed E-state index contributed by atoms with van der Waals surface area (Å²) in [6.45, 7) is 8.76. The van der Waals surface area contributed by atoms with E-state index in [4.69, 9.17) is 14.6 Å². The number of aromatic nitrogens is 3. The van der Waals surface area contributed by atoms with Crippen LogP contribution in [-0.2, 0) is 4.65 Å². The number of hydrogen-bond donors (Lipinski definition) is 0. The second kappa shape index (κ2) is 10.1. The first-order valence-electron chi connectivity index (χ1n) is 13.9. The van der Waals surface area contributed by atoms with Crippen LogP contribution in [0.1, 0.15) is 27.7 Å². The number of benzene rings is 4. The first kappa shape index (κ1) is 26.1. The molecule has 0 saturated heterocycles. The summed E-state index contributed by atoms with van der Waals surface area (Å²) in [7, 11) is 2.75. The molecule has 0 aliphatic heterocycles. The molecule has 6 heteroatoms. The maximum atomic E-state index is 6.46. The smallest absolute Gasteiger partial charge is 0.309 e. The Morgan fingerprint density at radius 3 is 1.80 bits per heavy atom. The summed E-state index contributed by atoms with van der Waals surface area (Å²) >= 11 is 0. The minimum atomic E-state index is -0.271. The van der Waals surface area contributed by atoms with Crippen LogP contribution < -0.4 is 5.46 Å². The van der Waals surface area contributed by atoms with Crippen molar-refractivity contribution in [2.24, 2.45) is 0 Å². The van der Waals surface area contributed by atoms with Gasteiger partial charge in [0.25, 0.3) is 0 Å². The molecule has 6 aromatic rings. The van der Waals surface area contributed by atoms with Crippen molar-refractivity contribution < 1.29 is 4.65 Å². The SMILES string of the molecule is BC(C)(C)C(C)(C)OBc1ccc2c3ccccc3n(-c3nc(-c4ccccc4)cc(-c4ccccc4)n3)c2c1. The van der Waals surface area contributed by atoms with Crippen LogP contribution in [-0.4, -0.2) is 35.5 Å². The maximum Gasteiger partial charge on any atom is 0.309 e. The average molecular weight is 521 g/mol. The third kappa shape index (κ3) is 4.84. The zero-order valence-electron chi connectivity index (χ0n) is 23.8. The fraction of sp³-hybridized carbons (Fsp3) is 0.176. The minimum Gasteiger partial charge on any atom is -0.430 e. The van der Waals surface area contributed by atoms with E-state index in [-0.39, 0.29) is 10.9 Å². The molecule has 196 valence electrons. The molecule has 0 spiro atoms. The molecular formula is C34H33B2N3O. The van der Waals surface area contributed by atoms with Crippen molar-refractivity contribution in [1.29, 1.82) is 0 Å². The molecule has 4 aromatic carbocycles. The van der Waals surface area contributed by atoms with Crippen molar-refractivity contribution in [2.75, 3.05) is 0 Å². The molecule has 0 bridgehead atoms. The maximum absolute atomic E-state index is 6.46. The Hall–Kier alpha value is -4.15. The summed E-state index contributed by atoms with van der Waals surface area (Å²) in [5.74, 6) is 0.652. The first-order chi connectivity index (χ1) is 19.2. The molecule has 2 aromatic heterocycles. The van der Waals surface area contributed by atoms with Gasteiger partial charge >= 0.3 is 7.48 Å². The van der Waals surface area contributed by atoms with E-state index in [9.17, 15) is 0 Å². The van der Waals surface area contributed by atoms with Crippen LogP contribution in [0.5, 0.6) is 0 Å². The topological polar surface area (TPSA) is 39.9 Å². The fourth-order valence-corrected chi connectivity index (χ4v) is 4.85. The van der Waals surface area contributed by atoms with E-state index in [2.05, 4.69) is 113 Å². The Balaban J connectivity index is 1.56. The van der Waals surface area contributed by atoms with Crippen LogP contribution in [0.15, 0.2) is 109 Å². The third-order valence-electron chi connectivity index (χ3n) is 8.20. The predicted octanol–water partition coefficient (Wildman–Crippen LogP) is 6.51. The normalized spacial score (nSPS) is 12.2. The van der Waals surface area contributed by atoms with Gasteiger partial charge in [-0.05, 0) is 37.4 Å². The molecule has 0 atom stereocenters. The number of rotatable bonds is 7. The van der Waals surface area contributed by atoms with Crippen molar-refractivity contribution in [3.63, 3.8) is 0 Å². The lowest BCUT2D eigenvalue weighted by molar-refractivity contribution is 0.0767. The van der Waals surface area contributed by atoms with Gasteiger partial charge in [0.2, 0.25) is 5.95 Å². The molecule has 2 heterocycles. The zero-order chi connectivity index (χ0) is 27.9. The molecule has 0 aliphatic carbocycles. The van der Waals surface area contributed by atoms with Gasteiger partial charge in [-0.25, -0.2) is 9.97 Å². The predicted molar refractivity (Wildman–Crippen MR) is 172 cm³/mol. The molecule has 0 radical (unpaired) electrons. The molecule has 0 aliphatic rings. The van der Waals surface area contributed by atoms with Crippen molar-refractivity contribution in [1.82, 2.24) is 14.5 Å². The molecule has 40 heavy (non-hydrogen) atoms. The Morgan fingerprint density at radius 2 is 1.20 bits per heavy atom. The second-order valence-electron chi connectivity index (χ2n) is 11.9. The van der Waals surface area contributed by atoms with Crippen LogP contribution >= 0.6 is 0 Å². The average Bonchev–Trinajstić information content (AvgIpc) is 3.30. The quantitative estimate of drug-likeness (QED) is 0.225. The Kier molecular flexibility index (Phi) is 6.59. The first-order valence-corrected chi connectivity index (χ1v) is 13.9. The number of nitrogens with zero attached hydrogens (tertiary/aromatic N) is 3. The monoisotopic (exact) mass is 521 g/mol. The molecule has 4 nitrogen and oxygen atoms in total. The molecule has 0 saturated carbocycles. The summed E-state index contributed by atoms with van der Waals surface area (Å²) < 4.78 is 8.66.